The second-order valence-corrected chi connectivity index (χ2v) is 5.95. The van der Waals surface area contributed by atoms with Crippen molar-refractivity contribution in [2.24, 2.45) is 5.92 Å². The SMILES string of the molecule is C[C@@H]1Sc2ccccc2C(=O)[C@@H]1C(=O)CC(=O)C(=O)O. The van der Waals surface area contributed by atoms with Gasteiger partial charge in [-0.2, -0.15) is 0 Å². The van der Waals surface area contributed by atoms with Crippen molar-refractivity contribution < 1.29 is 24.3 Å². The molecule has 0 aliphatic carbocycles. The molecule has 1 aromatic carbocycles. The first-order valence-corrected chi connectivity index (χ1v) is 6.88. The highest BCUT2D eigenvalue weighted by atomic mass is 32.2. The average Bonchev–Trinajstić information content (AvgIpc) is 2.38. The summed E-state index contributed by atoms with van der Waals surface area (Å²) in [6.45, 7) is 1.73. The topological polar surface area (TPSA) is 88.5 Å². The minimum absolute atomic E-state index is 0.313. The fraction of sp³-hybridized carbons (Fsp3) is 0.286. The quantitative estimate of drug-likeness (QED) is 0.669. The molecule has 1 aromatic rings. The van der Waals surface area contributed by atoms with Crippen LogP contribution in [0.3, 0.4) is 0 Å². The number of carboxylic acids is 1. The van der Waals surface area contributed by atoms with Crippen molar-refractivity contribution in [3.05, 3.63) is 29.8 Å². The number of hydrogen-bond acceptors (Lipinski definition) is 5. The van der Waals surface area contributed by atoms with Gasteiger partial charge >= 0.3 is 5.97 Å². The van der Waals surface area contributed by atoms with Gasteiger partial charge in [0, 0.05) is 15.7 Å². The van der Waals surface area contributed by atoms with Gasteiger partial charge in [-0.3, -0.25) is 14.4 Å². The summed E-state index contributed by atoms with van der Waals surface area (Å²) < 4.78 is 0. The minimum atomic E-state index is -1.65. The number of carbonyl (C=O) groups excluding carboxylic acids is 3. The number of carboxylic acid groups (broad SMARTS) is 1. The Balaban J connectivity index is 2.25. The van der Waals surface area contributed by atoms with E-state index in [1.807, 2.05) is 6.07 Å². The summed E-state index contributed by atoms with van der Waals surface area (Å²) in [6, 6.07) is 6.95. The molecule has 0 unspecified atom stereocenters. The van der Waals surface area contributed by atoms with E-state index < -0.39 is 29.9 Å². The second-order valence-electron chi connectivity index (χ2n) is 4.53. The summed E-state index contributed by atoms with van der Waals surface area (Å²) in [6.07, 6.45) is -0.737. The van der Waals surface area contributed by atoms with E-state index >= 15 is 0 Å². The summed E-state index contributed by atoms with van der Waals surface area (Å²) in [5.41, 5.74) is 0.455. The third kappa shape index (κ3) is 2.65. The molecule has 0 spiro atoms. The first kappa shape index (κ1) is 14.5. The number of thioether (sulfide) groups is 1. The van der Waals surface area contributed by atoms with Gasteiger partial charge in [-0.1, -0.05) is 25.1 Å². The number of rotatable bonds is 4. The molecule has 1 heterocycles. The Labute approximate surface area is 119 Å². The van der Waals surface area contributed by atoms with Crippen LogP contribution in [0.15, 0.2) is 29.2 Å². The van der Waals surface area contributed by atoms with Crippen LogP contribution in [0.2, 0.25) is 0 Å². The third-order valence-electron chi connectivity index (χ3n) is 3.14. The molecule has 0 saturated heterocycles. The van der Waals surface area contributed by atoms with E-state index in [0.717, 1.165) is 4.90 Å². The molecule has 0 saturated carbocycles. The normalized spacial score (nSPS) is 21.1. The zero-order valence-corrected chi connectivity index (χ0v) is 11.5. The molecule has 1 aliphatic heterocycles. The van der Waals surface area contributed by atoms with Gasteiger partial charge in [0.1, 0.15) is 0 Å². The van der Waals surface area contributed by atoms with E-state index in [9.17, 15) is 19.2 Å². The highest BCUT2D eigenvalue weighted by molar-refractivity contribution is 8.00. The van der Waals surface area contributed by atoms with Crippen LogP contribution in [0.5, 0.6) is 0 Å². The number of ketones is 3. The fourth-order valence-electron chi connectivity index (χ4n) is 2.17. The highest BCUT2D eigenvalue weighted by Crippen LogP contribution is 2.38. The van der Waals surface area contributed by atoms with Crippen LogP contribution < -0.4 is 0 Å². The molecule has 0 radical (unpaired) electrons. The van der Waals surface area contributed by atoms with Crippen molar-refractivity contribution in [1.29, 1.82) is 0 Å². The maximum atomic E-state index is 12.3. The Hall–Kier alpha value is -1.95. The number of hydrogen-bond donors (Lipinski definition) is 1. The van der Waals surface area contributed by atoms with Crippen molar-refractivity contribution in [3.8, 4) is 0 Å². The summed E-state index contributed by atoms with van der Waals surface area (Å²) >= 11 is 1.39. The molecular weight excluding hydrogens is 280 g/mol. The largest absolute Gasteiger partial charge is 0.475 e. The fourth-order valence-corrected chi connectivity index (χ4v) is 3.44. The highest BCUT2D eigenvalue weighted by Gasteiger charge is 2.39. The van der Waals surface area contributed by atoms with Gasteiger partial charge in [-0.15, -0.1) is 11.8 Å². The predicted molar refractivity (Wildman–Crippen MR) is 71.8 cm³/mol. The molecule has 20 heavy (non-hydrogen) atoms. The van der Waals surface area contributed by atoms with Crippen molar-refractivity contribution in [2.45, 2.75) is 23.5 Å². The Morgan fingerprint density at radius 3 is 2.55 bits per heavy atom. The standard InChI is InChI=1S/C14H12O5S/c1-7-12(9(15)6-10(16)14(18)19)13(17)8-4-2-3-5-11(8)20-7/h2-5,7,12H,6H2,1H3,(H,18,19)/t7-,12-/m0/s1. The van der Waals surface area contributed by atoms with Crippen molar-refractivity contribution >= 4 is 35.1 Å². The molecule has 1 N–H and O–H groups in total. The number of benzene rings is 1. The summed E-state index contributed by atoms with van der Waals surface area (Å²) in [7, 11) is 0. The van der Waals surface area contributed by atoms with E-state index in [-0.39, 0.29) is 11.0 Å². The van der Waals surface area contributed by atoms with Gasteiger partial charge in [0.2, 0.25) is 5.78 Å². The zero-order chi connectivity index (χ0) is 14.9. The number of aliphatic carboxylic acids is 1. The van der Waals surface area contributed by atoms with Crippen LogP contribution in [0.4, 0.5) is 0 Å². The molecule has 5 nitrogen and oxygen atoms in total. The number of Topliss-reactive ketones (excluding diaryl/α,β-unsaturated/α-hetero) is 3. The van der Waals surface area contributed by atoms with Crippen molar-refractivity contribution in [2.75, 3.05) is 0 Å². The molecular formula is C14H12O5S. The van der Waals surface area contributed by atoms with E-state index in [4.69, 9.17) is 5.11 Å². The summed E-state index contributed by atoms with van der Waals surface area (Å²) in [5, 5.41) is 8.21. The Bertz CT molecular complexity index is 607. The van der Waals surface area contributed by atoms with Gasteiger partial charge in [-0.05, 0) is 6.07 Å². The van der Waals surface area contributed by atoms with Crippen LogP contribution in [-0.2, 0) is 14.4 Å². The smallest absolute Gasteiger partial charge is 0.372 e. The summed E-state index contributed by atoms with van der Waals surface area (Å²) in [5.74, 6) is -4.76. The lowest BCUT2D eigenvalue weighted by atomic mass is 9.88. The number of carbonyl (C=O) groups is 4. The monoisotopic (exact) mass is 292 g/mol. The lowest BCUT2D eigenvalue weighted by Crippen LogP contribution is -2.37. The van der Waals surface area contributed by atoms with E-state index in [0.29, 0.717) is 5.56 Å². The van der Waals surface area contributed by atoms with Crippen LogP contribution in [0.1, 0.15) is 23.7 Å². The van der Waals surface area contributed by atoms with Crippen LogP contribution in [0.25, 0.3) is 0 Å². The van der Waals surface area contributed by atoms with Crippen LogP contribution >= 0.6 is 11.8 Å². The molecule has 0 bridgehead atoms. The molecule has 1 aliphatic rings. The van der Waals surface area contributed by atoms with Gasteiger partial charge in [0.05, 0.1) is 12.3 Å². The summed E-state index contributed by atoms with van der Waals surface area (Å²) in [4.78, 5) is 46.8. The predicted octanol–water partition coefficient (Wildman–Crippen LogP) is 1.59. The minimum Gasteiger partial charge on any atom is -0.475 e. The molecule has 6 heteroatoms. The molecule has 0 fully saturated rings. The van der Waals surface area contributed by atoms with Crippen LogP contribution in [-0.4, -0.2) is 33.7 Å². The van der Waals surface area contributed by atoms with E-state index in [1.165, 1.54) is 11.8 Å². The first-order chi connectivity index (χ1) is 9.41. The maximum absolute atomic E-state index is 12.3. The molecule has 0 aromatic heterocycles. The van der Waals surface area contributed by atoms with E-state index in [2.05, 4.69) is 0 Å². The zero-order valence-electron chi connectivity index (χ0n) is 10.7. The lowest BCUT2D eigenvalue weighted by molar-refractivity contribution is -0.150. The number of fused-ring (bicyclic) bond motifs is 1. The second kappa shape index (κ2) is 5.58. The van der Waals surface area contributed by atoms with Gasteiger partial charge in [0.15, 0.2) is 11.6 Å². The third-order valence-corrected chi connectivity index (χ3v) is 4.39. The van der Waals surface area contributed by atoms with Crippen LogP contribution in [0, 0.1) is 5.92 Å². The Morgan fingerprint density at radius 1 is 1.25 bits per heavy atom. The van der Waals surface area contributed by atoms with Gasteiger partial charge in [0.25, 0.3) is 0 Å². The first-order valence-electron chi connectivity index (χ1n) is 6.00. The maximum Gasteiger partial charge on any atom is 0.372 e. The lowest BCUT2D eigenvalue weighted by Gasteiger charge is -2.27. The Kier molecular flexibility index (Phi) is 4.04. The average molecular weight is 292 g/mol. The van der Waals surface area contributed by atoms with Gasteiger partial charge in [-0.25, -0.2) is 4.79 Å². The molecule has 0 amide bonds. The van der Waals surface area contributed by atoms with E-state index in [1.54, 1.807) is 25.1 Å². The Morgan fingerprint density at radius 2 is 1.90 bits per heavy atom. The molecule has 104 valence electrons. The van der Waals surface area contributed by atoms with Gasteiger partial charge < -0.3 is 5.11 Å². The van der Waals surface area contributed by atoms with Crippen molar-refractivity contribution in [1.82, 2.24) is 0 Å². The molecule has 2 rings (SSSR count). The van der Waals surface area contributed by atoms with Crippen molar-refractivity contribution in [3.63, 3.8) is 0 Å². The molecule has 2 atom stereocenters.